The molecule has 2 aromatic rings. The number of esters is 1. The molecule has 19 heteroatoms. The summed E-state index contributed by atoms with van der Waals surface area (Å²) in [5.41, 5.74) is 5.59. The number of nitrogens with zero attached hydrogens (tertiary/aromatic N) is 3. The second-order valence-electron chi connectivity index (χ2n) is 17.6. The number of nitrogens with one attached hydrogen (secondary N) is 4. The van der Waals surface area contributed by atoms with E-state index in [1.165, 1.54) is 31.4 Å². The van der Waals surface area contributed by atoms with Crippen molar-refractivity contribution in [3.63, 3.8) is 0 Å². The average molecular weight is 903 g/mol. The molecule has 0 unspecified atom stereocenters. The maximum Gasteiger partial charge on any atom is 0.303 e. The van der Waals surface area contributed by atoms with E-state index in [-0.39, 0.29) is 72.4 Å². The number of hydrogen-bond acceptors (Lipinski definition) is 13. The van der Waals surface area contributed by atoms with Crippen molar-refractivity contribution in [2.75, 3.05) is 26.5 Å². The number of nitrogens with two attached hydrogens (primary N) is 1. The molecule has 0 spiro atoms. The van der Waals surface area contributed by atoms with Gasteiger partial charge >= 0.3 is 11.9 Å². The van der Waals surface area contributed by atoms with Crippen LogP contribution in [0.1, 0.15) is 122 Å². The zero-order chi connectivity index (χ0) is 48.1. The first kappa shape index (κ1) is 54.0. The summed E-state index contributed by atoms with van der Waals surface area (Å²) in [6.07, 6.45) is -0.339. The highest BCUT2D eigenvalue weighted by Crippen LogP contribution is 2.31. The van der Waals surface area contributed by atoms with Crippen LogP contribution in [-0.4, -0.2) is 123 Å². The molecule has 1 aromatic carbocycles. The Bertz CT molecular complexity index is 1920. The molecular weight excluding hydrogens is 833 g/mol. The van der Waals surface area contributed by atoms with Gasteiger partial charge in [-0.2, -0.15) is 0 Å². The molecule has 63 heavy (non-hydrogen) atoms. The lowest BCUT2D eigenvalue weighted by Crippen LogP contribution is -2.60. The van der Waals surface area contributed by atoms with Gasteiger partial charge in [-0.3, -0.25) is 38.5 Å². The van der Waals surface area contributed by atoms with Gasteiger partial charge in [0.1, 0.15) is 28.5 Å². The van der Waals surface area contributed by atoms with Crippen LogP contribution in [0.2, 0.25) is 0 Å². The number of phenolic OH excluding ortho intramolecular Hbond substituents is 1. The van der Waals surface area contributed by atoms with Gasteiger partial charge in [0.25, 0.3) is 5.91 Å². The smallest absolute Gasteiger partial charge is 0.303 e. The van der Waals surface area contributed by atoms with E-state index in [9.17, 15) is 43.8 Å². The lowest BCUT2D eigenvalue weighted by atomic mass is 9.92. The maximum atomic E-state index is 14.2. The van der Waals surface area contributed by atoms with Gasteiger partial charge in [0.2, 0.25) is 23.6 Å². The molecule has 0 aliphatic heterocycles. The fourth-order valence-corrected chi connectivity index (χ4v) is 7.26. The molecule has 7 atom stereocenters. The lowest BCUT2D eigenvalue weighted by molar-refractivity contribution is -0.149. The normalized spacial score (nSPS) is 15.1. The minimum atomic E-state index is -1.08. The highest BCUT2D eigenvalue weighted by molar-refractivity contribution is 7.09. The SMILES string of the molecule is CC[C@H](C)[C@H](NC(=O)C(C)(C)N(C)C)C(=O)N(C)[C@H](C[C@@H](OC(C)=O)c1nc(C(=O)N[C@H](CCC(=O)O)Cc2ccc(O)c(NC(=O)[C@H](C)NC(=O)[C@@H](N)C(C)C)c2)cs1)C(C)C. The fourth-order valence-electron chi connectivity index (χ4n) is 6.42. The van der Waals surface area contributed by atoms with Gasteiger partial charge in [-0.1, -0.05) is 54.0 Å². The summed E-state index contributed by atoms with van der Waals surface area (Å²) < 4.78 is 5.75. The molecule has 0 saturated carbocycles. The third-order valence-corrected chi connectivity index (χ3v) is 12.4. The number of carboxylic acid groups (broad SMARTS) is 1. The quantitative estimate of drug-likeness (QED) is 0.0585. The minimum absolute atomic E-state index is 0.00654. The van der Waals surface area contributed by atoms with Crippen molar-refractivity contribution in [1.29, 1.82) is 0 Å². The molecule has 1 heterocycles. The van der Waals surface area contributed by atoms with Gasteiger partial charge in [-0.15, -0.1) is 11.3 Å². The van der Waals surface area contributed by atoms with Crippen LogP contribution >= 0.6 is 11.3 Å². The van der Waals surface area contributed by atoms with Crippen LogP contribution in [0.3, 0.4) is 0 Å². The Kier molecular flexibility index (Phi) is 20.6. The largest absolute Gasteiger partial charge is 0.506 e. The second-order valence-corrected chi connectivity index (χ2v) is 18.5. The van der Waals surface area contributed by atoms with Crippen LogP contribution in [0.15, 0.2) is 23.6 Å². The van der Waals surface area contributed by atoms with Crippen LogP contribution in [0.5, 0.6) is 5.75 Å². The Balaban J connectivity index is 2.35. The first-order valence-electron chi connectivity index (χ1n) is 21.3. The highest BCUT2D eigenvalue weighted by Gasteiger charge is 2.39. The maximum absolute atomic E-state index is 14.2. The molecule has 1 aromatic heterocycles. The molecule has 0 aliphatic rings. The number of phenols is 1. The Labute approximate surface area is 375 Å². The van der Waals surface area contributed by atoms with Gasteiger partial charge in [-0.05, 0) is 83.2 Å². The number of carboxylic acids is 1. The number of ether oxygens (including phenoxy) is 1. The van der Waals surface area contributed by atoms with Gasteiger partial charge in [0.15, 0.2) is 6.10 Å². The monoisotopic (exact) mass is 902 g/mol. The number of aliphatic carboxylic acids is 1. The Morgan fingerprint density at radius 1 is 0.937 bits per heavy atom. The number of aromatic nitrogens is 1. The number of carbonyl (C=O) groups excluding carboxylic acids is 6. The first-order chi connectivity index (χ1) is 29.2. The number of aromatic hydroxyl groups is 1. The van der Waals surface area contributed by atoms with Gasteiger partial charge in [0.05, 0.1) is 17.3 Å². The van der Waals surface area contributed by atoms with E-state index >= 15 is 0 Å². The van der Waals surface area contributed by atoms with Crippen molar-refractivity contribution in [3.05, 3.63) is 39.8 Å². The molecule has 2 rings (SSSR count). The predicted octanol–water partition coefficient (Wildman–Crippen LogP) is 3.83. The van der Waals surface area contributed by atoms with E-state index < -0.39 is 71.5 Å². The fraction of sp³-hybridized carbons (Fsp3) is 0.636. The van der Waals surface area contributed by atoms with Crippen molar-refractivity contribution in [3.8, 4) is 5.75 Å². The molecule has 352 valence electrons. The Morgan fingerprint density at radius 2 is 1.57 bits per heavy atom. The summed E-state index contributed by atoms with van der Waals surface area (Å²) in [6.45, 7) is 17.5. The lowest BCUT2D eigenvalue weighted by Gasteiger charge is -2.38. The van der Waals surface area contributed by atoms with E-state index in [0.717, 1.165) is 11.3 Å². The molecule has 5 amide bonds. The van der Waals surface area contributed by atoms with Crippen LogP contribution in [0, 0.1) is 17.8 Å². The summed E-state index contributed by atoms with van der Waals surface area (Å²) >= 11 is 1.09. The molecule has 0 aliphatic carbocycles. The van der Waals surface area contributed by atoms with Crippen molar-refractivity contribution in [2.45, 2.75) is 143 Å². The van der Waals surface area contributed by atoms with Crippen LogP contribution in [-0.2, 0) is 39.9 Å². The summed E-state index contributed by atoms with van der Waals surface area (Å²) in [7, 11) is 5.24. The summed E-state index contributed by atoms with van der Waals surface area (Å²) in [4.78, 5) is 98.6. The number of rotatable bonds is 24. The van der Waals surface area contributed by atoms with E-state index in [1.807, 2.05) is 27.7 Å². The minimum Gasteiger partial charge on any atom is -0.506 e. The summed E-state index contributed by atoms with van der Waals surface area (Å²) in [5, 5.41) is 32.8. The number of amides is 5. The molecule has 0 bridgehead atoms. The molecule has 8 N–H and O–H groups in total. The zero-order valence-electron chi connectivity index (χ0n) is 39.0. The van der Waals surface area contributed by atoms with Crippen molar-refractivity contribution in [2.24, 2.45) is 23.5 Å². The molecular formula is C44H70N8O10S. The number of benzene rings is 1. The van der Waals surface area contributed by atoms with E-state index in [1.54, 1.807) is 64.7 Å². The summed E-state index contributed by atoms with van der Waals surface area (Å²) in [6, 6.07) is 0.549. The number of hydrogen-bond donors (Lipinski definition) is 7. The van der Waals surface area contributed by atoms with Gasteiger partial charge in [-0.25, -0.2) is 4.98 Å². The van der Waals surface area contributed by atoms with Crippen LogP contribution in [0.25, 0.3) is 0 Å². The number of anilines is 1. The molecule has 18 nitrogen and oxygen atoms in total. The van der Waals surface area contributed by atoms with E-state index in [4.69, 9.17) is 10.5 Å². The number of thiazole rings is 1. The van der Waals surface area contributed by atoms with E-state index in [2.05, 4.69) is 26.3 Å². The standard InChI is InChI=1S/C44H70N8O10S/c1-14-25(6)37(50-43(61)44(9,10)51(11)12)42(60)52(13)32(23(2)3)21-34(62-27(8)53)41-49-31(22-63-41)39(58)47-29(16-18-35(55)56)19-28-15-17-33(54)30(20-28)48-38(57)26(7)46-40(59)36(45)24(4)5/h15,17,20,22-26,29,32,34,36-37,54H,14,16,18-19,21,45H2,1-13H3,(H,46,59)(H,47,58)(H,48,57)(H,50,61)(H,55,56)/t25-,26-,29+,32+,34+,36-,37-/m0/s1. The summed E-state index contributed by atoms with van der Waals surface area (Å²) in [5.74, 6) is -4.75. The third-order valence-electron chi connectivity index (χ3n) is 11.5. The number of carbonyl (C=O) groups is 7. The third kappa shape index (κ3) is 15.9. The highest BCUT2D eigenvalue weighted by atomic mass is 32.1. The van der Waals surface area contributed by atoms with Crippen molar-refractivity contribution >= 4 is 58.5 Å². The topological polar surface area (TPSA) is 263 Å². The Morgan fingerprint density at radius 3 is 2.11 bits per heavy atom. The number of likely N-dealkylation sites (N-methyl/N-ethyl adjacent to an activating group) is 2. The molecule has 0 radical (unpaired) electrons. The second kappa shape index (κ2) is 24.1. The zero-order valence-corrected chi connectivity index (χ0v) is 39.8. The first-order valence-corrected chi connectivity index (χ1v) is 22.2. The van der Waals surface area contributed by atoms with Crippen LogP contribution in [0.4, 0.5) is 5.69 Å². The average Bonchev–Trinajstić information content (AvgIpc) is 3.70. The molecule has 0 fully saturated rings. The van der Waals surface area contributed by atoms with Gasteiger partial charge < -0.3 is 46.9 Å². The van der Waals surface area contributed by atoms with E-state index in [0.29, 0.717) is 17.0 Å². The van der Waals surface area contributed by atoms with Crippen molar-refractivity contribution < 1.29 is 48.5 Å². The van der Waals surface area contributed by atoms with Crippen molar-refractivity contribution in [1.82, 2.24) is 30.7 Å². The van der Waals surface area contributed by atoms with Crippen LogP contribution < -0.4 is 27.0 Å². The molecule has 0 saturated heterocycles. The predicted molar refractivity (Wildman–Crippen MR) is 241 cm³/mol. The Hall–Kier alpha value is -5.14. The van der Waals surface area contributed by atoms with Gasteiger partial charge in [0, 0.05) is 44.3 Å².